The molecule has 0 saturated carbocycles. The minimum Gasteiger partial charge on any atom is -0.490 e. The van der Waals surface area contributed by atoms with E-state index in [9.17, 15) is 4.39 Å². The molecule has 0 amide bonds. The van der Waals surface area contributed by atoms with E-state index in [0.29, 0.717) is 12.4 Å². The molecule has 0 N–H and O–H groups in total. The first-order chi connectivity index (χ1) is 6.20. The molecular formula is C11H13FO. The quantitative estimate of drug-likeness (QED) is 0.596. The maximum atomic E-state index is 13.4. The van der Waals surface area contributed by atoms with Gasteiger partial charge in [0.2, 0.25) is 0 Å². The van der Waals surface area contributed by atoms with Crippen molar-refractivity contribution in [2.24, 2.45) is 0 Å². The van der Waals surface area contributed by atoms with Gasteiger partial charge >= 0.3 is 0 Å². The number of hydrogen-bond donors (Lipinski definition) is 0. The smallest absolute Gasteiger partial charge is 0.165 e. The van der Waals surface area contributed by atoms with Gasteiger partial charge in [0.1, 0.15) is 0 Å². The van der Waals surface area contributed by atoms with Crippen LogP contribution in [0.2, 0.25) is 0 Å². The molecule has 1 aliphatic rings. The molecule has 0 aliphatic carbocycles. The van der Waals surface area contributed by atoms with E-state index in [2.05, 4.69) is 0 Å². The number of benzene rings is 1. The lowest BCUT2D eigenvalue weighted by atomic mass is 9.97. The standard InChI is InChI=1S/C11H13FO/c1-7-6-10(12)11-9(8(7)2)4-3-5-13-11/h6H,3-5H2,1-2H3. The summed E-state index contributed by atoms with van der Waals surface area (Å²) in [5.41, 5.74) is 3.25. The van der Waals surface area contributed by atoms with Gasteiger partial charge in [0.15, 0.2) is 11.6 Å². The largest absolute Gasteiger partial charge is 0.490 e. The van der Waals surface area contributed by atoms with E-state index >= 15 is 0 Å². The molecule has 0 aromatic heterocycles. The topological polar surface area (TPSA) is 9.23 Å². The Bertz CT molecular complexity index is 344. The van der Waals surface area contributed by atoms with Gasteiger partial charge in [0.05, 0.1) is 6.61 Å². The van der Waals surface area contributed by atoms with Gasteiger partial charge in [0.25, 0.3) is 0 Å². The fraction of sp³-hybridized carbons (Fsp3) is 0.455. The molecule has 0 fully saturated rings. The van der Waals surface area contributed by atoms with Gasteiger partial charge in [0, 0.05) is 5.56 Å². The van der Waals surface area contributed by atoms with Gasteiger partial charge in [-0.1, -0.05) is 0 Å². The second-order valence-corrected chi connectivity index (χ2v) is 3.56. The summed E-state index contributed by atoms with van der Waals surface area (Å²) in [6.07, 6.45) is 1.94. The summed E-state index contributed by atoms with van der Waals surface area (Å²) >= 11 is 0. The summed E-state index contributed by atoms with van der Waals surface area (Å²) in [6, 6.07) is 1.56. The fourth-order valence-electron chi connectivity index (χ4n) is 1.80. The lowest BCUT2D eigenvalue weighted by molar-refractivity contribution is 0.272. The van der Waals surface area contributed by atoms with Crippen LogP contribution in [0.25, 0.3) is 0 Å². The molecule has 13 heavy (non-hydrogen) atoms. The number of rotatable bonds is 0. The molecule has 1 aliphatic heterocycles. The molecule has 0 spiro atoms. The summed E-state index contributed by atoms with van der Waals surface area (Å²) in [5, 5.41) is 0. The van der Waals surface area contributed by atoms with Gasteiger partial charge in [-0.15, -0.1) is 0 Å². The highest BCUT2D eigenvalue weighted by Gasteiger charge is 2.18. The van der Waals surface area contributed by atoms with Gasteiger partial charge < -0.3 is 4.74 Å². The van der Waals surface area contributed by atoms with Crippen molar-refractivity contribution in [2.75, 3.05) is 6.61 Å². The van der Waals surface area contributed by atoms with Crippen LogP contribution in [-0.4, -0.2) is 6.61 Å². The van der Waals surface area contributed by atoms with Gasteiger partial charge in [-0.25, -0.2) is 4.39 Å². The van der Waals surface area contributed by atoms with Crippen LogP contribution in [0.3, 0.4) is 0 Å². The molecule has 0 radical (unpaired) electrons. The van der Waals surface area contributed by atoms with Crippen LogP contribution in [-0.2, 0) is 6.42 Å². The van der Waals surface area contributed by atoms with Crippen LogP contribution in [0.4, 0.5) is 4.39 Å². The molecule has 1 nitrogen and oxygen atoms in total. The predicted molar refractivity (Wildman–Crippen MR) is 49.7 cm³/mol. The van der Waals surface area contributed by atoms with Crippen molar-refractivity contribution in [2.45, 2.75) is 26.7 Å². The minimum absolute atomic E-state index is 0.210. The van der Waals surface area contributed by atoms with Crippen LogP contribution in [0.15, 0.2) is 6.07 Å². The Morgan fingerprint density at radius 2 is 2.15 bits per heavy atom. The zero-order valence-corrected chi connectivity index (χ0v) is 7.98. The number of hydrogen-bond acceptors (Lipinski definition) is 1. The second-order valence-electron chi connectivity index (χ2n) is 3.56. The Balaban J connectivity index is 2.63. The molecular weight excluding hydrogens is 167 g/mol. The van der Waals surface area contributed by atoms with Crippen LogP contribution in [0.1, 0.15) is 23.1 Å². The van der Waals surface area contributed by atoms with Crippen LogP contribution < -0.4 is 4.74 Å². The van der Waals surface area contributed by atoms with Crippen molar-refractivity contribution in [1.82, 2.24) is 0 Å². The van der Waals surface area contributed by atoms with Crippen LogP contribution in [0.5, 0.6) is 5.75 Å². The molecule has 0 saturated heterocycles. The molecule has 2 heteroatoms. The maximum absolute atomic E-state index is 13.4. The van der Waals surface area contributed by atoms with Crippen molar-refractivity contribution in [1.29, 1.82) is 0 Å². The SMILES string of the molecule is Cc1cc(F)c2c(c1C)CCCO2. The molecule has 1 aromatic carbocycles. The Kier molecular flexibility index (Phi) is 1.98. The van der Waals surface area contributed by atoms with Gasteiger partial charge in [-0.05, 0) is 43.9 Å². The van der Waals surface area contributed by atoms with Crippen LogP contribution >= 0.6 is 0 Å². The van der Waals surface area contributed by atoms with E-state index in [0.717, 1.165) is 24.0 Å². The first kappa shape index (κ1) is 8.54. The minimum atomic E-state index is -0.210. The lowest BCUT2D eigenvalue weighted by Gasteiger charge is -2.20. The Hall–Kier alpha value is -1.05. The zero-order valence-electron chi connectivity index (χ0n) is 7.98. The highest BCUT2D eigenvalue weighted by atomic mass is 19.1. The average molecular weight is 180 g/mol. The Morgan fingerprint density at radius 1 is 1.38 bits per heavy atom. The fourth-order valence-corrected chi connectivity index (χ4v) is 1.80. The Morgan fingerprint density at radius 3 is 2.92 bits per heavy atom. The van der Waals surface area contributed by atoms with Crippen molar-refractivity contribution in [3.05, 3.63) is 28.6 Å². The van der Waals surface area contributed by atoms with Crippen molar-refractivity contribution in [3.63, 3.8) is 0 Å². The summed E-state index contributed by atoms with van der Waals surface area (Å²) in [4.78, 5) is 0. The summed E-state index contributed by atoms with van der Waals surface area (Å²) in [5.74, 6) is 0.271. The zero-order chi connectivity index (χ0) is 9.42. The molecule has 0 atom stereocenters. The van der Waals surface area contributed by atoms with Crippen molar-refractivity contribution < 1.29 is 9.13 Å². The molecule has 70 valence electrons. The van der Waals surface area contributed by atoms with Gasteiger partial charge in [-0.2, -0.15) is 0 Å². The van der Waals surface area contributed by atoms with E-state index in [1.807, 2.05) is 13.8 Å². The molecule has 1 aromatic rings. The highest BCUT2D eigenvalue weighted by molar-refractivity contribution is 5.46. The first-order valence-electron chi connectivity index (χ1n) is 4.61. The Labute approximate surface area is 77.5 Å². The third-order valence-electron chi connectivity index (χ3n) is 2.70. The lowest BCUT2D eigenvalue weighted by Crippen LogP contribution is -2.12. The number of aryl methyl sites for hydroxylation is 1. The summed E-state index contributed by atoms with van der Waals surface area (Å²) in [7, 11) is 0. The highest BCUT2D eigenvalue weighted by Crippen LogP contribution is 2.32. The second kappa shape index (κ2) is 3.02. The maximum Gasteiger partial charge on any atom is 0.165 e. The average Bonchev–Trinajstić information content (AvgIpc) is 2.15. The molecule has 0 unspecified atom stereocenters. The van der Waals surface area contributed by atoms with Crippen molar-refractivity contribution in [3.8, 4) is 5.75 Å². The van der Waals surface area contributed by atoms with Crippen molar-refractivity contribution >= 4 is 0 Å². The van der Waals surface area contributed by atoms with E-state index in [1.165, 1.54) is 5.56 Å². The summed E-state index contributed by atoms with van der Waals surface area (Å²) in [6.45, 7) is 4.61. The molecule has 0 bridgehead atoms. The predicted octanol–water partition coefficient (Wildman–Crippen LogP) is 2.77. The van der Waals surface area contributed by atoms with E-state index in [-0.39, 0.29) is 5.82 Å². The van der Waals surface area contributed by atoms with E-state index in [1.54, 1.807) is 6.07 Å². The molecule has 2 rings (SSSR count). The normalized spacial score (nSPS) is 15.0. The number of ether oxygens (including phenoxy) is 1. The van der Waals surface area contributed by atoms with Crippen LogP contribution in [0, 0.1) is 19.7 Å². The summed E-state index contributed by atoms with van der Waals surface area (Å²) < 4.78 is 18.7. The molecule has 1 heterocycles. The van der Waals surface area contributed by atoms with E-state index in [4.69, 9.17) is 4.74 Å². The number of fused-ring (bicyclic) bond motifs is 1. The third kappa shape index (κ3) is 1.30. The van der Waals surface area contributed by atoms with E-state index < -0.39 is 0 Å². The third-order valence-corrected chi connectivity index (χ3v) is 2.70. The first-order valence-corrected chi connectivity index (χ1v) is 4.61. The number of halogens is 1. The van der Waals surface area contributed by atoms with Gasteiger partial charge in [-0.3, -0.25) is 0 Å². The monoisotopic (exact) mass is 180 g/mol.